The van der Waals surface area contributed by atoms with Crippen molar-refractivity contribution in [3.63, 3.8) is 0 Å². The molecule has 0 saturated heterocycles. The van der Waals surface area contributed by atoms with Crippen molar-refractivity contribution in [3.8, 4) is 0 Å². The Morgan fingerprint density at radius 1 is 1.21 bits per heavy atom. The topological polar surface area (TPSA) is 92.1 Å². The van der Waals surface area contributed by atoms with E-state index in [0.717, 1.165) is 12.0 Å². The van der Waals surface area contributed by atoms with E-state index in [1.807, 2.05) is 32.9 Å². The van der Waals surface area contributed by atoms with Gasteiger partial charge in [-0.2, -0.15) is 0 Å². The molecule has 0 bridgehead atoms. The predicted octanol–water partition coefficient (Wildman–Crippen LogP) is 2.29. The zero-order chi connectivity index (χ0) is 17.9. The molecule has 0 spiro atoms. The molecular formula is C17H25N3O4. The third-order valence-electron chi connectivity index (χ3n) is 3.54. The van der Waals surface area contributed by atoms with Crippen molar-refractivity contribution in [2.75, 3.05) is 13.1 Å². The van der Waals surface area contributed by atoms with Crippen molar-refractivity contribution in [1.29, 1.82) is 0 Å². The minimum atomic E-state index is -0.711. The average Bonchev–Trinajstić information content (AvgIpc) is 3.06. The molecule has 0 radical (unpaired) electrons. The Kier molecular flexibility index (Phi) is 8.46. The van der Waals surface area contributed by atoms with Gasteiger partial charge >= 0.3 is 5.97 Å². The van der Waals surface area contributed by atoms with Crippen molar-refractivity contribution in [2.45, 2.75) is 45.8 Å². The summed E-state index contributed by atoms with van der Waals surface area (Å²) in [5.41, 5.74) is 0.924. The SMILES string of the molecule is CCCC(=O)O.CCN(CC)C(=O)[C@@H]1N=CO[C@H]1c1ccncc1. The van der Waals surface area contributed by atoms with Gasteiger partial charge in [-0.05, 0) is 38.0 Å². The van der Waals surface area contributed by atoms with Gasteiger partial charge < -0.3 is 14.7 Å². The number of nitrogens with zero attached hydrogens (tertiary/aromatic N) is 3. The first-order chi connectivity index (χ1) is 11.5. The monoisotopic (exact) mass is 335 g/mol. The molecule has 1 aromatic rings. The van der Waals surface area contributed by atoms with Gasteiger partial charge in [0.15, 0.2) is 18.5 Å². The van der Waals surface area contributed by atoms with E-state index in [4.69, 9.17) is 9.84 Å². The molecule has 1 amide bonds. The summed E-state index contributed by atoms with van der Waals surface area (Å²) < 4.78 is 5.44. The first-order valence-electron chi connectivity index (χ1n) is 8.12. The lowest BCUT2D eigenvalue weighted by Gasteiger charge is -2.24. The second-order valence-corrected chi connectivity index (χ2v) is 5.19. The predicted molar refractivity (Wildman–Crippen MR) is 90.8 cm³/mol. The minimum Gasteiger partial charge on any atom is -0.481 e. The van der Waals surface area contributed by atoms with Gasteiger partial charge in [-0.25, -0.2) is 4.99 Å². The lowest BCUT2D eigenvalue weighted by molar-refractivity contribution is -0.137. The number of hydrogen-bond donors (Lipinski definition) is 1. The van der Waals surface area contributed by atoms with Gasteiger partial charge in [0.05, 0.1) is 0 Å². The Balaban J connectivity index is 0.000000413. The molecule has 132 valence electrons. The normalized spacial score (nSPS) is 18.3. The van der Waals surface area contributed by atoms with E-state index < -0.39 is 12.0 Å². The third-order valence-corrected chi connectivity index (χ3v) is 3.54. The lowest BCUT2D eigenvalue weighted by Crippen LogP contribution is -2.39. The number of carbonyl (C=O) groups excluding carboxylic acids is 1. The summed E-state index contributed by atoms with van der Waals surface area (Å²) in [6, 6.07) is 3.22. The van der Waals surface area contributed by atoms with Crippen LogP contribution in [0.1, 0.15) is 45.3 Å². The van der Waals surface area contributed by atoms with Crippen molar-refractivity contribution in [3.05, 3.63) is 30.1 Å². The maximum atomic E-state index is 12.3. The summed E-state index contributed by atoms with van der Waals surface area (Å²) >= 11 is 0. The van der Waals surface area contributed by atoms with Crippen molar-refractivity contribution in [1.82, 2.24) is 9.88 Å². The largest absolute Gasteiger partial charge is 0.481 e. The van der Waals surface area contributed by atoms with Gasteiger partial charge in [0.1, 0.15) is 0 Å². The number of rotatable bonds is 6. The zero-order valence-electron chi connectivity index (χ0n) is 14.4. The molecule has 7 nitrogen and oxygen atoms in total. The van der Waals surface area contributed by atoms with Gasteiger partial charge in [-0.3, -0.25) is 14.6 Å². The van der Waals surface area contributed by atoms with Crippen LogP contribution >= 0.6 is 0 Å². The van der Waals surface area contributed by atoms with Crippen LogP contribution in [-0.4, -0.2) is 52.4 Å². The average molecular weight is 335 g/mol. The maximum Gasteiger partial charge on any atom is 0.303 e. The van der Waals surface area contributed by atoms with E-state index in [1.165, 1.54) is 6.40 Å². The highest BCUT2D eigenvalue weighted by Crippen LogP contribution is 2.27. The van der Waals surface area contributed by atoms with Crippen molar-refractivity contribution in [2.24, 2.45) is 4.99 Å². The summed E-state index contributed by atoms with van der Waals surface area (Å²) in [6.07, 6.45) is 5.44. The van der Waals surface area contributed by atoms with Crippen LogP contribution in [0.2, 0.25) is 0 Å². The van der Waals surface area contributed by atoms with Gasteiger partial charge in [0.2, 0.25) is 0 Å². The van der Waals surface area contributed by atoms with Crippen molar-refractivity contribution < 1.29 is 19.4 Å². The van der Waals surface area contributed by atoms with E-state index in [2.05, 4.69) is 9.98 Å². The lowest BCUT2D eigenvalue weighted by atomic mass is 10.0. The number of aliphatic carboxylic acids is 1. The summed E-state index contributed by atoms with van der Waals surface area (Å²) in [6.45, 7) is 7.13. The molecule has 1 aliphatic heterocycles. The van der Waals surface area contributed by atoms with E-state index >= 15 is 0 Å². The summed E-state index contributed by atoms with van der Waals surface area (Å²) in [5.74, 6) is -0.701. The molecule has 1 aliphatic rings. The van der Waals surface area contributed by atoms with Crippen LogP contribution in [0.15, 0.2) is 29.5 Å². The Labute approximate surface area is 142 Å². The van der Waals surface area contributed by atoms with Crippen LogP contribution in [-0.2, 0) is 14.3 Å². The summed E-state index contributed by atoms with van der Waals surface area (Å²) in [5, 5.41) is 7.91. The summed E-state index contributed by atoms with van der Waals surface area (Å²) in [4.78, 5) is 31.8. The van der Waals surface area contributed by atoms with Gasteiger partial charge in [0, 0.05) is 31.9 Å². The van der Waals surface area contributed by atoms with Crippen molar-refractivity contribution >= 4 is 18.3 Å². The number of carboxylic acid groups (broad SMARTS) is 1. The number of ether oxygens (including phenoxy) is 1. The third kappa shape index (κ3) is 5.64. The quantitative estimate of drug-likeness (QED) is 0.861. The van der Waals surface area contributed by atoms with Crippen LogP contribution in [0, 0.1) is 0 Å². The molecule has 24 heavy (non-hydrogen) atoms. The van der Waals surface area contributed by atoms with Crippen LogP contribution in [0.5, 0.6) is 0 Å². The number of aliphatic imine (C=N–C) groups is 1. The first kappa shape index (κ1) is 19.6. The summed E-state index contributed by atoms with van der Waals surface area (Å²) in [7, 11) is 0. The second-order valence-electron chi connectivity index (χ2n) is 5.19. The number of carbonyl (C=O) groups is 2. The smallest absolute Gasteiger partial charge is 0.303 e. The molecule has 2 heterocycles. The Morgan fingerprint density at radius 3 is 2.29 bits per heavy atom. The first-order valence-corrected chi connectivity index (χ1v) is 8.12. The minimum absolute atomic E-state index is 0.00978. The molecule has 0 unspecified atom stereocenters. The van der Waals surface area contributed by atoms with Crippen LogP contribution in [0.3, 0.4) is 0 Å². The Morgan fingerprint density at radius 2 is 1.83 bits per heavy atom. The van der Waals surface area contributed by atoms with E-state index in [1.54, 1.807) is 17.3 Å². The molecule has 2 atom stereocenters. The molecule has 0 saturated carbocycles. The molecule has 7 heteroatoms. The van der Waals surface area contributed by atoms with E-state index in [0.29, 0.717) is 19.5 Å². The van der Waals surface area contributed by atoms with Crippen LogP contribution in [0.4, 0.5) is 0 Å². The standard InChI is InChI=1S/C13H17N3O2.C4H8O2/c1-3-16(4-2)13(17)11-12(18-9-15-11)10-5-7-14-8-6-10;1-2-3-4(5)6/h5-9,11-12H,3-4H2,1-2H3;2-3H2,1H3,(H,5,6)/t11-,12+;/m1./s1. The molecule has 1 aromatic heterocycles. The number of aromatic nitrogens is 1. The highest BCUT2D eigenvalue weighted by molar-refractivity contribution is 5.85. The fourth-order valence-corrected chi connectivity index (χ4v) is 2.26. The Hall–Kier alpha value is -2.44. The van der Waals surface area contributed by atoms with Gasteiger partial charge in [-0.1, -0.05) is 6.92 Å². The van der Waals surface area contributed by atoms with Gasteiger partial charge in [-0.15, -0.1) is 0 Å². The molecule has 0 aromatic carbocycles. The fourth-order valence-electron chi connectivity index (χ4n) is 2.26. The zero-order valence-corrected chi connectivity index (χ0v) is 14.4. The molecule has 2 rings (SSSR count). The number of carboxylic acids is 1. The highest BCUT2D eigenvalue weighted by Gasteiger charge is 2.35. The van der Waals surface area contributed by atoms with E-state index in [9.17, 15) is 9.59 Å². The van der Waals surface area contributed by atoms with Crippen LogP contribution < -0.4 is 0 Å². The number of likely N-dealkylation sites (N-methyl/N-ethyl adjacent to an activating group) is 1. The van der Waals surface area contributed by atoms with E-state index in [-0.39, 0.29) is 12.0 Å². The molecule has 0 aliphatic carbocycles. The molecule has 1 N–H and O–H groups in total. The molecule has 0 fully saturated rings. The Bertz CT molecular complexity index is 544. The highest BCUT2D eigenvalue weighted by atomic mass is 16.5. The van der Waals surface area contributed by atoms with Crippen LogP contribution in [0.25, 0.3) is 0 Å². The van der Waals surface area contributed by atoms with Gasteiger partial charge in [0.25, 0.3) is 5.91 Å². The molecular weight excluding hydrogens is 310 g/mol. The maximum absolute atomic E-state index is 12.3. The second kappa shape index (κ2) is 10.4. The fraction of sp³-hybridized carbons (Fsp3) is 0.529. The number of pyridine rings is 1. The number of hydrogen-bond acceptors (Lipinski definition) is 5. The number of amides is 1.